The van der Waals surface area contributed by atoms with Crippen LogP contribution in [0, 0.1) is 5.82 Å². The van der Waals surface area contributed by atoms with Crippen LogP contribution in [0.1, 0.15) is 5.89 Å². The summed E-state index contributed by atoms with van der Waals surface area (Å²) in [6, 6.07) is 15.2. The van der Waals surface area contributed by atoms with Crippen molar-refractivity contribution in [3.05, 3.63) is 66.3 Å². The van der Waals surface area contributed by atoms with Crippen LogP contribution < -0.4 is 4.74 Å². The molecule has 3 aromatic rings. The molecule has 0 atom stereocenters. The number of halogens is 1. The van der Waals surface area contributed by atoms with Crippen LogP contribution in [0.5, 0.6) is 5.75 Å². The Bertz CT molecular complexity index is 681. The zero-order chi connectivity index (χ0) is 13.8. The first kappa shape index (κ1) is 12.3. The number of aromatic nitrogens is 2. The predicted molar refractivity (Wildman–Crippen MR) is 70.5 cm³/mol. The quantitative estimate of drug-likeness (QED) is 0.728. The van der Waals surface area contributed by atoms with Crippen LogP contribution in [0.2, 0.25) is 0 Å². The molecule has 1 aromatic heterocycles. The van der Waals surface area contributed by atoms with E-state index >= 15 is 0 Å². The van der Waals surface area contributed by atoms with Crippen LogP contribution >= 0.6 is 0 Å². The number of nitrogens with zero attached hydrogens (tertiary/aromatic N) is 2. The number of hydrogen-bond acceptors (Lipinski definition) is 4. The van der Waals surface area contributed by atoms with Crippen LogP contribution in [0.3, 0.4) is 0 Å². The second kappa shape index (κ2) is 5.52. The molecular formula is C15H11FN2O2. The number of rotatable bonds is 4. The van der Waals surface area contributed by atoms with Gasteiger partial charge in [-0.2, -0.15) is 0 Å². The molecule has 0 spiro atoms. The Kier molecular flexibility index (Phi) is 3.41. The van der Waals surface area contributed by atoms with Crippen molar-refractivity contribution >= 4 is 0 Å². The van der Waals surface area contributed by atoms with E-state index in [0.29, 0.717) is 17.5 Å². The first-order chi connectivity index (χ1) is 9.81. The molecule has 0 saturated heterocycles. The summed E-state index contributed by atoms with van der Waals surface area (Å²) in [4.78, 5) is 0. The number of ether oxygens (including phenoxy) is 1. The van der Waals surface area contributed by atoms with E-state index in [0.717, 1.165) is 5.56 Å². The summed E-state index contributed by atoms with van der Waals surface area (Å²) >= 11 is 0. The Balaban J connectivity index is 1.67. The Morgan fingerprint density at radius 1 is 0.950 bits per heavy atom. The lowest BCUT2D eigenvalue weighted by molar-refractivity contribution is 0.264. The lowest BCUT2D eigenvalue weighted by Gasteiger charge is -2.02. The average Bonchev–Trinajstić information content (AvgIpc) is 2.97. The van der Waals surface area contributed by atoms with E-state index in [2.05, 4.69) is 10.2 Å². The van der Waals surface area contributed by atoms with Crippen LogP contribution in [0.25, 0.3) is 11.5 Å². The average molecular weight is 270 g/mol. The molecule has 4 nitrogen and oxygen atoms in total. The van der Waals surface area contributed by atoms with E-state index < -0.39 is 0 Å². The van der Waals surface area contributed by atoms with E-state index in [1.54, 1.807) is 12.1 Å². The third-order valence-corrected chi connectivity index (χ3v) is 2.66. The molecule has 0 N–H and O–H groups in total. The van der Waals surface area contributed by atoms with Gasteiger partial charge in [0.15, 0.2) is 6.61 Å². The van der Waals surface area contributed by atoms with Crippen molar-refractivity contribution in [2.45, 2.75) is 6.61 Å². The Morgan fingerprint density at radius 3 is 2.45 bits per heavy atom. The van der Waals surface area contributed by atoms with Gasteiger partial charge in [-0.05, 0) is 36.4 Å². The molecule has 0 fully saturated rings. The second-order valence-corrected chi connectivity index (χ2v) is 4.11. The fourth-order valence-electron chi connectivity index (χ4n) is 1.69. The molecular weight excluding hydrogens is 259 g/mol. The van der Waals surface area contributed by atoms with E-state index in [1.807, 2.05) is 30.3 Å². The van der Waals surface area contributed by atoms with Crippen LogP contribution in [0.15, 0.2) is 59.0 Å². The molecule has 0 radical (unpaired) electrons. The zero-order valence-corrected chi connectivity index (χ0v) is 10.5. The number of hydrogen-bond donors (Lipinski definition) is 0. The minimum atomic E-state index is -0.304. The molecule has 5 heteroatoms. The molecule has 0 amide bonds. The molecule has 0 aliphatic heterocycles. The van der Waals surface area contributed by atoms with Gasteiger partial charge >= 0.3 is 0 Å². The Hall–Kier alpha value is -2.69. The fraction of sp³-hybridized carbons (Fsp3) is 0.0667. The zero-order valence-electron chi connectivity index (χ0n) is 10.5. The lowest BCUT2D eigenvalue weighted by Crippen LogP contribution is -1.95. The van der Waals surface area contributed by atoms with Crippen molar-refractivity contribution in [3.63, 3.8) is 0 Å². The van der Waals surface area contributed by atoms with Crippen LogP contribution in [-0.4, -0.2) is 10.2 Å². The second-order valence-electron chi connectivity index (χ2n) is 4.11. The maximum atomic E-state index is 12.7. The van der Waals surface area contributed by atoms with Crippen molar-refractivity contribution in [3.8, 4) is 17.2 Å². The van der Waals surface area contributed by atoms with Crippen LogP contribution in [-0.2, 0) is 6.61 Å². The van der Waals surface area contributed by atoms with Gasteiger partial charge in [-0.15, -0.1) is 10.2 Å². The molecule has 0 aliphatic carbocycles. The maximum Gasteiger partial charge on any atom is 0.254 e. The van der Waals surface area contributed by atoms with Gasteiger partial charge < -0.3 is 9.15 Å². The largest absolute Gasteiger partial charge is 0.484 e. The summed E-state index contributed by atoms with van der Waals surface area (Å²) in [5, 5.41) is 7.87. The highest BCUT2D eigenvalue weighted by Gasteiger charge is 2.08. The first-order valence-electron chi connectivity index (χ1n) is 6.07. The van der Waals surface area contributed by atoms with Gasteiger partial charge in [-0.25, -0.2) is 4.39 Å². The highest BCUT2D eigenvalue weighted by Crippen LogP contribution is 2.18. The van der Waals surface area contributed by atoms with E-state index in [1.165, 1.54) is 12.1 Å². The van der Waals surface area contributed by atoms with Gasteiger partial charge in [0.25, 0.3) is 5.89 Å². The van der Waals surface area contributed by atoms with E-state index in [9.17, 15) is 4.39 Å². The molecule has 0 saturated carbocycles. The maximum absolute atomic E-state index is 12.7. The smallest absolute Gasteiger partial charge is 0.254 e. The summed E-state index contributed by atoms with van der Waals surface area (Å²) in [6.45, 7) is 0.144. The highest BCUT2D eigenvalue weighted by molar-refractivity contribution is 5.51. The van der Waals surface area contributed by atoms with Gasteiger partial charge in [-0.3, -0.25) is 0 Å². The van der Waals surface area contributed by atoms with Crippen molar-refractivity contribution in [1.82, 2.24) is 10.2 Å². The predicted octanol–water partition coefficient (Wildman–Crippen LogP) is 3.45. The molecule has 0 aliphatic rings. The molecule has 0 unspecified atom stereocenters. The van der Waals surface area contributed by atoms with Gasteiger partial charge in [0, 0.05) is 5.56 Å². The molecule has 2 aromatic carbocycles. The van der Waals surface area contributed by atoms with Crippen molar-refractivity contribution < 1.29 is 13.5 Å². The van der Waals surface area contributed by atoms with Gasteiger partial charge in [-0.1, -0.05) is 18.2 Å². The fourth-order valence-corrected chi connectivity index (χ4v) is 1.69. The monoisotopic (exact) mass is 270 g/mol. The lowest BCUT2D eigenvalue weighted by atomic mass is 10.2. The third kappa shape index (κ3) is 2.83. The standard InChI is InChI=1S/C15H11FN2O2/c16-12-6-8-13(9-7-12)19-10-14-17-18-15(20-14)11-4-2-1-3-5-11/h1-9H,10H2. The van der Waals surface area contributed by atoms with Crippen LogP contribution in [0.4, 0.5) is 4.39 Å². The van der Waals surface area contributed by atoms with Crippen molar-refractivity contribution in [2.75, 3.05) is 0 Å². The minimum Gasteiger partial charge on any atom is -0.484 e. The molecule has 20 heavy (non-hydrogen) atoms. The third-order valence-electron chi connectivity index (χ3n) is 2.66. The van der Waals surface area contributed by atoms with E-state index in [4.69, 9.17) is 9.15 Å². The SMILES string of the molecule is Fc1ccc(OCc2nnc(-c3ccccc3)o2)cc1. The summed E-state index contributed by atoms with van der Waals surface area (Å²) in [5.41, 5.74) is 0.855. The highest BCUT2D eigenvalue weighted by atomic mass is 19.1. The summed E-state index contributed by atoms with van der Waals surface area (Å²) in [6.07, 6.45) is 0. The Morgan fingerprint density at radius 2 is 1.70 bits per heavy atom. The topological polar surface area (TPSA) is 48.2 Å². The molecule has 100 valence electrons. The van der Waals surface area contributed by atoms with Gasteiger partial charge in [0.2, 0.25) is 5.89 Å². The molecule has 3 rings (SSSR count). The van der Waals surface area contributed by atoms with Crippen molar-refractivity contribution in [2.24, 2.45) is 0 Å². The molecule has 0 bridgehead atoms. The van der Waals surface area contributed by atoms with Crippen molar-refractivity contribution in [1.29, 1.82) is 0 Å². The minimum absolute atomic E-state index is 0.144. The number of benzene rings is 2. The summed E-state index contributed by atoms with van der Waals surface area (Å²) in [7, 11) is 0. The first-order valence-corrected chi connectivity index (χ1v) is 6.07. The Labute approximate surface area is 114 Å². The normalized spacial score (nSPS) is 10.4. The summed E-state index contributed by atoms with van der Waals surface area (Å²) in [5.74, 6) is 1.06. The van der Waals surface area contributed by atoms with E-state index in [-0.39, 0.29) is 12.4 Å². The van der Waals surface area contributed by atoms with Gasteiger partial charge in [0.05, 0.1) is 0 Å². The summed E-state index contributed by atoms with van der Waals surface area (Å²) < 4.78 is 23.7. The molecule has 1 heterocycles. The van der Waals surface area contributed by atoms with Gasteiger partial charge in [0.1, 0.15) is 11.6 Å².